The number of rotatable bonds is 6. The lowest BCUT2D eigenvalue weighted by atomic mass is 9.74. The second-order valence-electron chi connectivity index (χ2n) is 7.19. The van der Waals surface area contributed by atoms with Crippen molar-refractivity contribution in [3.05, 3.63) is 0 Å². The van der Waals surface area contributed by atoms with Gasteiger partial charge in [-0.2, -0.15) is 0 Å². The van der Waals surface area contributed by atoms with Gasteiger partial charge in [0.2, 0.25) is 0 Å². The van der Waals surface area contributed by atoms with E-state index in [4.69, 9.17) is 8.85 Å². The van der Waals surface area contributed by atoms with Crippen molar-refractivity contribution >= 4 is 9.45 Å². The molecule has 0 aromatic rings. The average molecular weight is 288 g/mol. The van der Waals surface area contributed by atoms with Gasteiger partial charge in [0.15, 0.2) is 0 Å². The van der Waals surface area contributed by atoms with Gasteiger partial charge in [0, 0.05) is 25.3 Å². The number of hydrogen-bond acceptors (Lipinski definition) is 3. The Kier molecular flexibility index (Phi) is 6.05. The third-order valence-electron chi connectivity index (χ3n) is 4.46. The molecule has 1 fully saturated rings. The van der Waals surface area contributed by atoms with Gasteiger partial charge in [-0.25, -0.2) is 0 Å². The van der Waals surface area contributed by atoms with Crippen molar-refractivity contribution in [3.8, 4) is 0 Å². The van der Waals surface area contributed by atoms with Crippen LogP contribution in [0.3, 0.4) is 0 Å². The van der Waals surface area contributed by atoms with E-state index in [2.05, 4.69) is 39.2 Å². The highest BCUT2D eigenvalue weighted by atomic mass is 28.3. The van der Waals surface area contributed by atoms with E-state index in [9.17, 15) is 0 Å². The largest absolute Gasteiger partial charge is 0.411 e. The smallest absolute Gasteiger partial charge is 0.388 e. The summed E-state index contributed by atoms with van der Waals surface area (Å²) in [7, 11) is 1.83. The van der Waals surface area contributed by atoms with Crippen molar-refractivity contribution in [3.63, 3.8) is 0 Å². The van der Waals surface area contributed by atoms with Gasteiger partial charge < -0.3 is 8.85 Å². The Bertz CT molecular complexity index is 259. The molecule has 1 heterocycles. The Morgan fingerprint density at radius 3 is 1.89 bits per heavy atom. The lowest BCUT2D eigenvalue weighted by Gasteiger charge is -2.56. The van der Waals surface area contributed by atoms with Crippen LogP contribution in [0, 0.1) is 5.92 Å². The highest BCUT2D eigenvalue weighted by Gasteiger charge is 2.49. The fourth-order valence-corrected chi connectivity index (χ4v) is 6.04. The molecule has 0 N–H and O–H groups in total. The van der Waals surface area contributed by atoms with Gasteiger partial charge in [-0.1, -0.05) is 26.2 Å². The van der Waals surface area contributed by atoms with Crippen LogP contribution in [-0.4, -0.2) is 39.3 Å². The zero-order valence-electron chi connectivity index (χ0n) is 14.0. The van der Waals surface area contributed by atoms with Crippen molar-refractivity contribution in [1.82, 2.24) is 4.57 Å². The Morgan fingerprint density at radius 2 is 1.53 bits per heavy atom. The van der Waals surface area contributed by atoms with Gasteiger partial charge in [0.1, 0.15) is 0 Å². The van der Waals surface area contributed by atoms with Gasteiger partial charge in [-0.05, 0) is 46.5 Å². The summed E-state index contributed by atoms with van der Waals surface area (Å²) < 4.78 is 13.9. The van der Waals surface area contributed by atoms with Crippen LogP contribution < -0.4 is 0 Å². The molecule has 114 valence electrons. The van der Waals surface area contributed by atoms with Crippen LogP contribution in [0.5, 0.6) is 0 Å². The van der Waals surface area contributed by atoms with Crippen molar-refractivity contribution < 1.29 is 8.85 Å². The van der Waals surface area contributed by atoms with Crippen molar-refractivity contribution in [2.75, 3.05) is 14.2 Å². The zero-order valence-corrected chi connectivity index (χ0v) is 15.1. The molecule has 0 aromatic carbocycles. The highest BCUT2D eigenvalue weighted by Crippen LogP contribution is 2.43. The van der Waals surface area contributed by atoms with E-state index < -0.39 is 9.45 Å². The van der Waals surface area contributed by atoms with E-state index in [1.54, 1.807) is 14.2 Å². The van der Waals surface area contributed by atoms with Gasteiger partial charge in [0.25, 0.3) is 0 Å². The fourth-order valence-electron chi connectivity index (χ4n) is 4.08. The molecule has 19 heavy (non-hydrogen) atoms. The molecule has 0 bridgehead atoms. The van der Waals surface area contributed by atoms with Crippen molar-refractivity contribution in [2.24, 2.45) is 5.92 Å². The Hall–Kier alpha value is 0.0969. The molecule has 0 aliphatic carbocycles. The second kappa shape index (κ2) is 6.70. The second-order valence-corrected chi connectivity index (χ2v) is 9.26. The van der Waals surface area contributed by atoms with Gasteiger partial charge >= 0.3 is 9.45 Å². The summed E-state index contributed by atoms with van der Waals surface area (Å²) in [5.41, 5.74) is 0.339. The quantitative estimate of drug-likeness (QED) is 0.698. The van der Waals surface area contributed by atoms with Gasteiger partial charge in [-0.3, -0.25) is 4.57 Å². The molecule has 1 aliphatic heterocycles. The maximum absolute atomic E-state index is 5.67. The topological polar surface area (TPSA) is 21.7 Å². The lowest BCUT2D eigenvalue weighted by molar-refractivity contribution is -0.0209. The van der Waals surface area contributed by atoms with Crippen LogP contribution in [-0.2, 0) is 8.85 Å². The van der Waals surface area contributed by atoms with Crippen LogP contribution in [0.1, 0.15) is 66.7 Å². The van der Waals surface area contributed by atoms with E-state index >= 15 is 0 Å². The molecule has 3 nitrogen and oxygen atoms in total. The average Bonchev–Trinajstić information content (AvgIpc) is 2.29. The molecule has 0 unspecified atom stereocenters. The van der Waals surface area contributed by atoms with Crippen LogP contribution >= 0.6 is 0 Å². The third kappa shape index (κ3) is 4.03. The molecule has 0 saturated carbocycles. The first-order valence-corrected chi connectivity index (χ1v) is 9.09. The van der Waals surface area contributed by atoms with E-state index in [1.165, 1.54) is 32.1 Å². The summed E-state index contributed by atoms with van der Waals surface area (Å²) in [4.78, 5) is 0. The molecule has 0 atom stereocenters. The number of hydrogen-bond donors (Lipinski definition) is 0. The van der Waals surface area contributed by atoms with E-state index in [1.807, 2.05) is 0 Å². The number of piperidine rings is 1. The molecule has 0 radical (unpaired) electrons. The molecule has 1 rings (SSSR count). The normalized spacial score (nSPS) is 24.0. The summed E-state index contributed by atoms with van der Waals surface area (Å²) in [5, 5.41) is 0. The standard InChI is InChI=1S/C15H33NO2Si/c1-8-9-10-13-11-14(2,3)16(15(4,5)12-13)19(17-6)18-7/h13,19H,8-12H2,1-7H3. The van der Waals surface area contributed by atoms with E-state index in [-0.39, 0.29) is 11.1 Å². The summed E-state index contributed by atoms with van der Waals surface area (Å²) >= 11 is 0. The first kappa shape index (κ1) is 17.1. The van der Waals surface area contributed by atoms with Crippen LogP contribution in [0.4, 0.5) is 0 Å². The minimum atomic E-state index is -1.74. The SMILES string of the molecule is CCCCC1CC(C)(C)N([SiH](OC)OC)C(C)(C)C1. The predicted molar refractivity (Wildman–Crippen MR) is 83.4 cm³/mol. The highest BCUT2D eigenvalue weighted by molar-refractivity contribution is 6.41. The first-order valence-electron chi connectivity index (χ1n) is 7.63. The van der Waals surface area contributed by atoms with E-state index in [0.29, 0.717) is 0 Å². The van der Waals surface area contributed by atoms with Crippen molar-refractivity contribution in [2.45, 2.75) is 77.8 Å². The number of unbranched alkanes of at least 4 members (excludes halogenated alkanes) is 1. The van der Waals surface area contributed by atoms with Crippen LogP contribution in [0.15, 0.2) is 0 Å². The monoisotopic (exact) mass is 287 g/mol. The molecule has 4 heteroatoms. The zero-order chi connectivity index (χ0) is 14.7. The van der Waals surface area contributed by atoms with E-state index in [0.717, 1.165) is 5.92 Å². The summed E-state index contributed by atoms with van der Waals surface area (Å²) in [6.07, 6.45) is 6.53. The minimum Gasteiger partial charge on any atom is -0.388 e. The maximum atomic E-state index is 5.67. The Balaban J connectivity index is 2.89. The Labute approximate surface area is 121 Å². The molecule has 1 saturated heterocycles. The Morgan fingerprint density at radius 1 is 1.05 bits per heavy atom. The lowest BCUT2D eigenvalue weighted by Crippen LogP contribution is -2.67. The maximum Gasteiger partial charge on any atom is 0.411 e. The molecule has 0 amide bonds. The molecule has 0 aromatic heterocycles. The minimum absolute atomic E-state index is 0.170. The fraction of sp³-hybridized carbons (Fsp3) is 1.00. The first-order chi connectivity index (χ1) is 8.78. The van der Waals surface area contributed by atoms with Gasteiger partial charge in [0.05, 0.1) is 0 Å². The summed E-state index contributed by atoms with van der Waals surface area (Å²) in [6.45, 7) is 11.7. The van der Waals surface area contributed by atoms with Crippen LogP contribution in [0.25, 0.3) is 0 Å². The molecule has 1 aliphatic rings. The third-order valence-corrected chi connectivity index (χ3v) is 7.09. The molecular formula is C15H33NO2Si. The van der Waals surface area contributed by atoms with Gasteiger partial charge in [-0.15, -0.1) is 0 Å². The van der Waals surface area contributed by atoms with Crippen molar-refractivity contribution in [1.29, 1.82) is 0 Å². The number of nitrogens with zero attached hydrogens (tertiary/aromatic N) is 1. The summed E-state index contributed by atoms with van der Waals surface area (Å²) in [6, 6.07) is 0. The summed E-state index contributed by atoms with van der Waals surface area (Å²) in [5.74, 6) is 0.838. The predicted octanol–water partition coefficient (Wildman–Crippen LogP) is 3.46. The van der Waals surface area contributed by atoms with Crippen LogP contribution in [0.2, 0.25) is 0 Å². The molecular weight excluding hydrogens is 254 g/mol. The molecule has 0 spiro atoms.